The summed E-state index contributed by atoms with van der Waals surface area (Å²) in [5, 5.41) is 8.25. The molecule has 0 saturated heterocycles. The number of halogens is 1. The van der Waals surface area contributed by atoms with E-state index in [1.807, 2.05) is 45.0 Å². The van der Waals surface area contributed by atoms with Crippen LogP contribution in [0.25, 0.3) is 0 Å². The lowest BCUT2D eigenvalue weighted by Crippen LogP contribution is -2.24. The number of hydrogen-bond donors (Lipinski definition) is 1. The molecule has 6 nitrogen and oxygen atoms in total. The molecule has 0 aliphatic carbocycles. The Balaban J connectivity index is 1.75. The van der Waals surface area contributed by atoms with Crippen LogP contribution in [-0.4, -0.2) is 19.0 Å². The van der Waals surface area contributed by atoms with Crippen LogP contribution in [0.4, 0.5) is 4.39 Å². The zero-order valence-electron chi connectivity index (χ0n) is 15.3. The summed E-state index contributed by atoms with van der Waals surface area (Å²) < 4.78 is 36.1. The van der Waals surface area contributed by atoms with E-state index in [0.29, 0.717) is 29.0 Å². The minimum atomic E-state index is -1.38. The van der Waals surface area contributed by atoms with Gasteiger partial charge in [0.2, 0.25) is 0 Å². The van der Waals surface area contributed by atoms with Gasteiger partial charge in [0, 0.05) is 6.54 Å². The van der Waals surface area contributed by atoms with Crippen LogP contribution in [0.1, 0.15) is 31.3 Å². The third-order valence-electron chi connectivity index (χ3n) is 3.99. The van der Waals surface area contributed by atoms with Crippen LogP contribution in [0.15, 0.2) is 53.4 Å². The van der Waals surface area contributed by atoms with Gasteiger partial charge >= 0.3 is 6.01 Å². The standard InChI is InChI=1S/C19H21FN4O2S/c1-4-24-18(14(3)23-27(25)17-11-5-13(2)6-12-17)21-22-19(24)26-16-9-7-15(20)8-10-16/h5-12,14,23H,4H2,1-3H3. The number of nitrogens with zero attached hydrogens (tertiary/aromatic N) is 3. The largest absolute Gasteiger partial charge is 0.424 e. The zero-order valence-corrected chi connectivity index (χ0v) is 16.2. The summed E-state index contributed by atoms with van der Waals surface area (Å²) in [5.74, 6) is 0.736. The van der Waals surface area contributed by atoms with Crippen LogP contribution in [0.3, 0.4) is 0 Å². The number of benzene rings is 2. The van der Waals surface area contributed by atoms with Crippen molar-refractivity contribution in [1.29, 1.82) is 0 Å². The van der Waals surface area contributed by atoms with E-state index in [1.165, 1.54) is 24.3 Å². The summed E-state index contributed by atoms with van der Waals surface area (Å²) in [5.41, 5.74) is 1.11. The predicted octanol–water partition coefficient (Wildman–Crippen LogP) is 3.91. The van der Waals surface area contributed by atoms with Crippen LogP contribution in [0.5, 0.6) is 11.8 Å². The van der Waals surface area contributed by atoms with E-state index >= 15 is 0 Å². The van der Waals surface area contributed by atoms with E-state index in [0.717, 1.165) is 5.56 Å². The molecule has 3 rings (SSSR count). The maximum atomic E-state index is 13.0. The third kappa shape index (κ3) is 4.58. The van der Waals surface area contributed by atoms with Gasteiger partial charge in [-0.1, -0.05) is 22.8 Å². The molecular weight excluding hydrogens is 367 g/mol. The Hall–Kier alpha value is -2.58. The van der Waals surface area contributed by atoms with Gasteiger partial charge in [0.25, 0.3) is 0 Å². The topological polar surface area (TPSA) is 69.0 Å². The number of hydrogen-bond acceptors (Lipinski definition) is 4. The molecule has 0 radical (unpaired) electrons. The molecule has 0 spiro atoms. The molecule has 2 atom stereocenters. The van der Waals surface area contributed by atoms with Gasteiger partial charge in [-0.05, 0) is 57.2 Å². The van der Waals surface area contributed by atoms with Gasteiger partial charge in [0.1, 0.15) is 22.6 Å². The molecule has 0 bridgehead atoms. The van der Waals surface area contributed by atoms with Crippen molar-refractivity contribution in [2.75, 3.05) is 0 Å². The minimum Gasteiger partial charge on any atom is -0.424 e. The van der Waals surface area contributed by atoms with E-state index in [9.17, 15) is 8.60 Å². The average Bonchev–Trinajstić information content (AvgIpc) is 3.06. The highest BCUT2D eigenvalue weighted by Crippen LogP contribution is 2.23. The van der Waals surface area contributed by atoms with Gasteiger partial charge in [-0.25, -0.2) is 13.3 Å². The molecule has 1 aromatic heterocycles. The zero-order chi connectivity index (χ0) is 19.4. The molecule has 1 heterocycles. The van der Waals surface area contributed by atoms with E-state index in [1.54, 1.807) is 4.57 Å². The van der Waals surface area contributed by atoms with Crippen LogP contribution in [0, 0.1) is 12.7 Å². The van der Waals surface area contributed by atoms with E-state index < -0.39 is 11.0 Å². The van der Waals surface area contributed by atoms with Crippen molar-refractivity contribution in [3.05, 3.63) is 65.7 Å². The fraction of sp³-hybridized carbons (Fsp3) is 0.263. The Kier molecular flexibility index (Phi) is 5.98. The summed E-state index contributed by atoms with van der Waals surface area (Å²) in [4.78, 5) is 0.692. The lowest BCUT2D eigenvalue weighted by Gasteiger charge is -2.14. The molecule has 0 fully saturated rings. The van der Waals surface area contributed by atoms with Crippen molar-refractivity contribution in [2.24, 2.45) is 0 Å². The smallest absolute Gasteiger partial charge is 0.322 e. The molecule has 142 valence electrons. The van der Waals surface area contributed by atoms with E-state index in [-0.39, 0.29) is 11.9 Å². The first-order valence-electron chi connectivity index (χ1n) is 8.59. The van der Waals surface area contributed by atoms with Gasteiger partial charge in [0.05, 0.1) is 10.9 Å². The van der Waals surface area contributed by atoms with Crippen LogP contribution in [-0.2, 0) is 17.5 Å². The highest BCUT2D eigenvalue weighted by atomic mass is 32.2. The van der Waals surface area contributed by atoms with Crippen LogP contribution < -0.4 is 9.46 Å². The summed E-state index contributed by atoms with van der Waals surface area (Å²) in [6.45, 7) is 6.36. The second-order valence-electron chi connectivity index (χ2n) is 6.06. The third-order valence-corrected chi connectivity index (χ3v) is 5.26. The number of aryl methyl sites for hydroxylation is 1. The fourth-order valence-corrected chi connectivity index (χ4v) is 3.49. The lowest BCUT2D eigenvalue weighted by molar-refractivity contribution is 0.407. The molecule has 0 aliphatic heterocycles. The number of rotatable bonds is 7. The number of nitrogens with one attached hydrogen (secondary N) is 1. The van der Waals surface area contributed by atoms with Crippen molar-refractivity contribution < 1.29 is 13.3 Å². The molecule has 1 N–H and O–H groups in total. The quantitative estimate of drug-likeness (QED) is 0.666. The van der Waals surface area contributed by atoms with Crippen molar-refractivity contribution in [1.82, 2.24) is 19.5 Å². The Bertz CT molecular complexity index is 926. The Morgan fingerprint density at radius 3 is 2.44 bits per heavy atom. The molecule has 27 heavy (non-hydrogen) atoms. The fourth-order valence-electron chi connectivity index (χ4n) is 2.54. The molecule has 8 heteroatoms. The predicted molar refractivity (Wildman–Crippen MR) is 101 cm³/mol. The summed E-state index contributed by atoms with van der Waals surface area (Å²) >= 11 is 0. The van der Waals surface area contributed by atoms with E-state index in [2.05, 4.69) is 14.9 Å². The van der Waals surface area contributed by atoms with Crippen molar-refractivity contribution in [3.8, 4) is 11.8 Å². The Morgan fingerprint density at radius 1 is 1.15 bits per heavy atom. The maximum Gasteiger partial charge on any atom is 0.322 e. The highest BCUT2D eigenvalue weighted by molar-refractivity contribution is 7.83. The summed E-state index contributed by atoms with van der Waals surface area (Å²) in [6, 6.07) is 13.2. The summed E-state index contributed by atoms with van der Waals surface area (Å²) in [7, 11) is -1.38. The van der Waals surface area contributed by atoms with Crippen LogP contribution in [0.2, 0.25) is 0 Å². The summed E-state index contributed by atoms with van der Waals surface area (Å²) in [6.07, 6.45) is 0. The SMILES string of the molecule is CCn1c(Oc2ccc(F)cc2)nnc1C(C)NS(=O)c1ccc(C)cc1. The molecule has 0 saturated carbocycles. The maximum absolute atomic E-state index is 13.0. The Labute approximate surface area is 160 Å². The molecule has 3 aromatic rings. The second-order valence-corrected chi connectivity index (χ2v) is 7.31. The first kappa shape index (κ1) is 19.2. The van der Waals surface area contributed by atoms with Gasteiger partial charge in [-0.3, -0.25) is 4.57 Å². The normalized spacial score (nSPS) is 13.3. The molecule has 0 amide bonds. The van der Waals surface area contributed by atoms with Gasteiger partial charge in [-0.2, -0.15) is 0 Å². The molecule has 2 aromatic carbocycles. The highest BCUT2D eigenvalue weighted by Gasteiger charge is 2.20. The van der Waals surface area contributed by atoms with Crippen molar-refractivity contribution >= 4 is 11.0 Å². The monoisotopic (exact) mass is 388 g/mol. The Morgan fingerprint density at radius 2 is 1.81 bits per heavy atom. The van der Waals surface area contributed by atoms with Gasteiger partial charge < -0.3 is 4.74 Å². The van der Waals surface area contributed by atoms with Gasteiger partial charge in [0.15, 0.2) is 5.82 Å². The van der Waals surface area contributed by atoms with Gasteiger partial charge in [-0.15, -0.1) is 5.10 Å². The molecule has 2 unspecified atom stereocenters. The molecular formula is C19H21FN4O2S. The number of aromatic nitrogens is 3. The minimum absolute atomic E-state index is 0.300. The number of ether oxygens (including phenoxy) is 1. The van der Waals surface area contributed by atoms with Crippen molar-refractivity contribution in [3.63, 3.8) is 0 Å². The second kappa shape index (κ2) is 8.41. The molecule has 0 aliphatic rings. The van der Waals surface area contributed by atoms with Crippen LogP contribution >= 0.6 is 0 Å². The van der Waals surface area contributed by atoms with E-state index in [4.69, 9.17) is 4.74 Å². The average molecular weight is 388 g/mol. The first-order chi connectivity index (χ1) is 13.0. The first-order valence-corrected chi connectivity index (χ1v) is 9.74. The lowest BCUT2D eigenvalue weighted by atomic mass is 10.2. The van der Waals surface area contributed by atoms with Crippen molar-refractivity contribution in [2.45, 2.75) is 38.3 Å².